The third-order valence-corrected chi connectivity index (χ3v) is 5.38. The van der Waals surface area contributed by atoms with Crippen LogP contribution in [0.1, 0.15) is 17.0 Å². The van der Waals surface area contributed by atoms with Gasteiger partial charge in [0.25, 0.3) is 0 Å². The summed E-state index contributed by atoms with van der Waals surface area (Å²) in [6.45, 7) is 6.88. The zero-order chi connectivity index (χ0) is 18.8. The zero-order valence-electron chi connectivity index (χ0n) is 16.0. The lowest BCUT2D eigenvalue weighted by atomic mass is 10.1. The molecule has 0 N–H and O–H groups in total. The van der Waals surface area contributed by atoms with Crippen LogP contribution < -0.4 is 4.74 Å². The number of fused-ring (bicyclic) bond motifs is 1. The fraction of sp³-hybridized carbons (Fsp3) is 0.429. The first-order valence-electron chi connectivity index (χ1n) is 9.46. The van der Waals surface area contributed by atoms with Gasteiger partial charge in [0.2, 0.25) is 0 Å². The quantitative estimate of drug-likeness (QED) is 0.816. The van der Waals surface area contributed by atoms with Crippen LogP contribution in [0.3, 0.4) is 0 Å². The van der Waals surface area contributed by atoms with Crippen LogP contribution in [0, 0.1) is 6.92 Å². The second-order valence-electron chi connectivity index (χ2n) is 7.36. The number of amides is 2. The minimum atomic E-state index is 0.157. The number of hydrogen-bond acceptors (Lipinski definition) is 4. The van der Waals surface area contributed by atoms with Gasteiger partial charge in [0.1, 0.15) is 5.75 Å². The maximum atomic E-state index is 12.8. The van der Waals surface area contributed by atoms with Crippen LogP contribution in [-0.4, -0.2) is 65.0 Å². The van der Waals surface area contributed by atoms with E-state index in [1.54, 1.807) is 7.11 Å². The lowest BCUT2D eigenvalue weighted by Crippen LogP contribution is -2.51. The number of benzene rings is 1. The van der Waals surface area contributed by atoms with Crippen LogP contribution in [0.5, 0.6) is 5.75 Å². The maximum Gasteiger partial charge on any atom is 0.320 e. The predicted molar refractivity (Wildman–Crippen MR) is 104 cm³/mol. The van der Waals surface area contributed by atoms with Crippen LogP contribution in [0.25, 0.3) is 0 Å². The lowest BCUT2D eigenvalue weighted by Gasteiger charge is -2.36. The summed E-state index contributed by atoms with van der Waals surface area (Å²) >= 11 is 0. The third-order valence-electron chi connectivity index (χ3n) is 5.38. The summed E-state index contributed by atoms with van der Waals surface area (Å²) in [7, 11) is 1.66. The van der Waals surface area contributed by atoms with Crippen molar-refractivity contribution in [3.05, 3.63) is 59.4 Å². The topological polar surface area (TPSA) is 48.9 Å². The molecular formula is C21H26N4O2. The Morgan fingerprint density at radius 1 is 1.07 bits per heavy atom. The molecule has 1 atom stereocenters. The second-order valence-corrected chi connectivity index (χ2v) is 7.36. The molecule has 0 unspecified atom stereocenters. The Bertz CT molecular complexity index is 808. The molecule has 0 saturated carbocycles. The van der Waals surface area contributed by atoms with Gasteiger partial charge in [0, 0.05) is 45.0 Å². The molecule has 1 aromatic carbocycles. The Balaban J connectivity index is 1.37. The van der Waals surface area contributed by atoms with Gasteiger partial charge in [-0.25, -0.2) is 4.79 Å². The first-order chi connectivity index (χ1) is 13.1. The number of rotatable bonds is 5. The fourth-order valence-corrected chi connectivity index (χ4v) is 3.99. The first kappa shape index (κ1) is 17.8. The monoisotopic (exact) mass is 366 g/mol. The van der Waals surface area contributed by atoms with Crippen LogP contribution in [0.15, 0.2) is 42.5 Å². The summed E-state index contributed by atoms with van der Waals surface area (Å²) in [5, 5.41) is 0. The van der Waals surface area contributed by atoms with Crippen molar-refractivity contribution in [3.63, 3.8) is 0 Å². The van der Waals surface area contributed by atoms with E-state index in [1.165, 1.54) is 0 Å². The van der Waals surface area contributed by atoms with E-state index >= 15 is 0 Å². The number of urea groups is 1. The molecule has 2 fully saturated rings. The SMILES string of the molecule is COc1ccc(CN2C[C@H]3CN(Cc4cccc(C)n4)CCN3C2=O)cc1. The van der Waals surface area contributed by atoms with Crippen LogP contribution in [0.2, 0.25) is 0 Å². The van der Waals surface area contributed by atoms with Gasteiger partial charge in [-0.2, -0.15) is 0 Å². The number of aromatic nitrogens is 1. The van der Waals surface area contributed by atoms with E-state index in [0.717, 1.165) is 55.4 Å². The Labute approximate surface area is 160 Å². The first-order valence-corrected chi connectivity index (χ1v) is 9.46. The molecule has 0 spiro atoms. The average molecular weight is 366 g/mol. The van der Waals surface area contributed by atoms with Crippen molar-refractivity contribution in [1.82, 2.24) is 19.7 Å². The number of carbonyl (C=O) groups excluding carboxylic acids is 1. The zero-order valence-corrected chi connectivity index (χ0v) is 16.0. The molecule has 0 radical (unpaired) electrons. The molecular weight excluding hydrogens is 340 g/mol. The van der Waals surface area contributed by atoms with Gasteiger partial charge in [0.05, 0.1) is 18.8 Å². The number of ether oxygens (including phenoxy) is 1. The van der Waals surface area contributed by atoms with Gasteiger partial charge in [-0.3, -0.25) is 9.88 Å². The summed E-state index contributed by atoms with van der Waals surface area (Å²) in [6, 6.07) is 14.5. The smallest absolute Gasteiger partial charge is 0.320 e. The van der Waals surface area contributed by atoms with Gasteiger partial charge < -0.3 is 14.5 Å². The molecule has 1 aromatic heterocycles. The number of hydrogen-bond donors (Lipinski definition) is 0. The normalized spacial score (nSPS) is 20.1. The van der Waals surface area contributed by atoms with Crippen molar-refractivity contribution in [1.29, 1.82) is 0 Å². The summed E-state index contributed by atoms with van der Waals surface area (Å²) < 4.78 is 5.21. The van der Waals surface area contributed by atoms with Gasteiger partial charge in [0.15, 0.2) is 0 Å². The Morgan fingerprint density at radius 2 is 1.89 bits per heavy atom. The molecule has 6 nitrogen and oxygen atoms in total. The van der Waals surface area contributed by atoms with Crippen molar-refractivity contribution >= 4 is 6.03 Å². The maximum absolute atomic E-state index is 12.8. The van der Waals surface area contributed by atoms with Crippen LogP contribution >= 0.6 is 0 Å². The molecule has 2 saturated heterocycles. The lowest BCUT2D eigenvalue weighted by molar-refractivity contribution is 0.115. The van der Waals surface area contributed by atoms with E-state index in [9.17, 15) is 4.79 Å². The van der Waals surface area contributed by atoms with Crippen molar-refractivity contribution < 1.29 is 9.53 Å². The standard InChI is InChI=1S/C21H26N4O2/c1-16-4-3-5-18(22-16)13-23-10-11-25-19(14-23)15-24(21(25)26)12-17-6-8-20(27-2)9-7-17/h3-9,19H,10-15H2,1-2H3/t19-/m1/s1. The number of methoxy groups -OCH3 is 1. The van der Waals surface area contributed by atoms with E-state index in [4.69, 9.17) is 4.74 Å². The number of piperazine rings is 1. The highest BCUT2D eigenvalue weighted by atomic mass is 16.5. The number of pyridine rings is 1. The summed E-state index contributed by atoms with van der Waals surface area (Å²) in [5.74, 6) is 0.837. The largest absolute Gasteiger partial charge is 0.497 e. The average Bonchev–Trinajstić information content (AvgIpc) is 2.97. The Kier molecular flexibility index (Phi) is 4.99. The molecule has 142 valence electrons. The van der Waals surface area contributed by atoms with E-state index < -0.39 is 0 Å². The highest BCUT2D eigenvalue weighted by Gasteiger charge is 2.40. The van der Waals surface area contributed by atoms with Gasteiger partial charge in [-0.1, -0.05) is 18.2 Å². The molecule has 2 aliphatic heterocycles. The molecule has 0 bridgehead atoms. The predicted octanol–water partition coefficient (Wildman–Crippen LogP) is 2.52. The molecule has 2 aliphatic rings. The van der Waals surface area contributed by atoms with E-state index in [-0.39, 0.29) is 12.1 Å². The van der Waals surface area contributed by atoms with Crippen LogP contribution in [-0.2, 0) is 13.1 Å². The van der Waals surface area contributed by atoms with Gasteiger partial charge in [-0.15, -0.1) is 0 Å². The number of aryl methyl sites for hydroxylation is 1. The third kappa shape index (κ3) is 3.90. The minimum Gasteiger partial charge on any atom is -0.497 e. The Hall–Kier alpha value is -2.60. The summed E-state index contributed by atoms with van der Waals surface area (Å²) in [5.41, 5.74) is 3.28. The highest BCUT2D eigenvalue weighted by Crippen LogP contribution is 2.24. The fourth-order valence-electron chi connectivity index (χ4n) is 3.99. The molecule has 2 amide bonds. The number of carbonyl (C=O) groups is 1. The second kappa shape index (κ2) is 7.56. The van der Waals surface area contributed by atoms with E-state index in [0.29, 0.717) is 6.54 Å². The van der Waals surface area contributed by atoms with Gasteiger partial charge in [-0.05, 0) is 36.8 Å². The Morgan fingerprint density at radius 3 is 2.63 bits per heavy atom. The van der Waals surface area contributed by atoms with Crippen LogP contribution in [0.4, 0.5) is 4.79 Å². The molecule has 2 aromatic rings. The molecule has 6 heteroatoms. The van der Waals surface area contributed by atoms with Crippen molar-refractivity contribution in [2.24, 2.45) is 0 Å². The number of nitrogens with zero attached hydrogens (tertiary/aromatic N) is 4. The molecule has 4 rings (SSSR count). The highest BCUT2D eigenvalue weighted by molar-refractivity contribution is 5.77. The van der Waals surface area contributed by atoms with Crippen molar-refractivity contribution in [2.45, 2.75) is 26.1 Å². The van der Waals surface area contributed by atoms with E-state index in [1.807, 2.05) is 47.1 Å². The molecule has 3 heterocycles. The van der Waals surface area contributed by atoms with Gasteiger partial charge >= 0.3 is 6.03 Å². The van der Waals surface area contributed by atoms with Crippen molar-refractivity contribution in [2.75, 3.05) is 33.3 Å². The molecule has 27 heavy (non-hydrogen) atoms. The summed E-state index contributed by atoms with van der Waals surface area (Å²) in [4.78, 5) is 23.8. The van der Waals surface area contributed by atoms with Crippen molar-refractivity contribution in [3.8, 4) is 5.75 Å². The van der Waals surface area contributed by atoms with E-state index in [2.05, 4.69) is 22.0 Å². The molecule has 0 aliphatic carbocycles. The minimum absolute atomic E-state index is 0.157. The summed E-state index contributed by atoms with van der Waals surface area (Å²) in [6.07, 6.45) is 0.